The Labute approximate surface area is 180 Å². The Bertz CT molecular complexity index is 1030. The highest BCUT2D eigenvalue weighted by molar-refractivity contribution is 8.26. The summed E-state index contributed by atoms with van der Waals surface area (Å²) in [6.07, 6.45) is -2.65. The highest BCUT2D eigenvalue weighted by Crippen LogP contribution is 2.36. The van der Waals surface area contributed by atoms with Gasteiger partial charge in [0.25, 0.3) is 5.91 Å². The number of amides is 1. The molecule has 0 unspecified atom stereocenters. The summed E-state index contributed by atoms with van der Waals surface area (Å²) >= 11 is 6.32. The monoisotopic (exact) mass is 451 g/mol. The first-order valence-corrected chi connectivity index (χ1v) is 10.1. The number of thioether (sulfide) groups is 1. The molecule has 2 aromatic rings. The minimum Gasteiger partial charge on any atom is -0.481 e. The van der Waals surface area contributed by atoms with E-state index >= 15 is 0 Å². The van der Waals surface area contributed by atoms with Crippen LogP contribution in [0.25, 0.3) is 17.2 Å². The minimum atomic E-state index is -4.46. The zero-order chi connectivity index (χ0) is 21.9. The molecule has 1 heterocycles. The number of rotatable bonds is 6. The number of aliphatic carboxylic acids is 1. The third-order valence-electron chi connectivity index (χ3n) is 4.39. The molecule has 30 heavy (non-hydrogen) atoms. The van der Waals surface area contributed by atoms with Gasteiger partial charge >= 0.3 is 12.1 Å². The number of carboxylic acid groups (broad SMARTS) is 1. The first-order valence-electron chi connectivity index (χ1n) is 8.90. The average molecular weight is 451 g/mol. The Kier molecular flexibility index (Phi) is 6.62. The van der Waals surface area contributed by atoms with Crippen LogP contribution in [0.1, 0.15) is 24.0 Å². The lowest BCUT2D eigenvalue weighted by Gasteiger charge is -2.13. The number of carboxylic acids is 1. The number of hydrogen-bond donors (Lipinski definition) is 1. The molecule has 1 fully saturated rings. The maximum Gasteiger partial charge on any atom is 0.416 e. The van der Waals surface area contributed by atoms with E-state index in [2.05, 4.69) is 0 Å². The van der Waals surface area contributed by atoms with Crippen LogP contribution in [0, 0.1) is 0 Å². The third-order valence-corrected chi connectivity index (χ3v) is 5.77. The number of carbonyl (C=O) groups excluding carboxylic acids is 1. The van der Waals surface area contributed by atoms with Crippen molar-refractivity contribution in [2.75, 3.05) is 6.54 Å². The van der Waals surface area contributed by atoms with Crippen molar-refractivity contribution >= 4 is 46.3 Å². The topological polar surface area (TPSA) is 57.6 Å². The van der Waals surface area contributed by atoms with Gasteiger partial charge in [-0.15, -0.1) is 0 Å². The van der Waals surface area contributed by atoms with Crippen LogP contribution in [0.15, 0.2) is 53.4 Å². The second-order valence-electron chi connectivity index (χ2n) is 6.50. The van der Waals surface area contributed by atoms with Gasteiger partial charge < -0.3 is 5.11 Å². The summed E-state index contributed by atoms with van der Waals surface area (Å²) in [4.78, 5) is 25.1. The van der Waals surface area contributed by atoms with Crippen molar-refractivity contribution in [3.63, 3.8) is 0 Å². The molecule has 2 aromatic carbocycles. The Morgan fingerprint density at radius 2 is 1.90 bits per heavy atom. The van der Waals surface area contributed by atoms with E-state index in [1.807, 2.05) is 0 Å². The van der Waals surface area contributed by atoms with Gasteiger partial charge in [0.1, 0.15) is 4.32 Å². The average Bonchev–Trinajstić information content (AvgIpc) is 2.95. The lowest BCUT2D eigenvalue weighted by Crippen LogP contribution is -2.29. The number of carbonyl (C=O) groups is 2. The first kappa shape index (κ1) is 22.0. The predicted octanol–water partition coefficient (Wildman–Crippen LogP) is 5.44. The number of hydrogen-bond acceptors (Lipinski definition) is 4. The normalized spacial score (nSPS) is 15.8. The number of benzene rings is 2. The van der Waals surface area contributed by atoms with Crippen molar-refractivity contribution in [3.8, 4) is 11.1 Å². The molecular formula is C21H16F3NO3S2. The summed E-state index contributed by atoms with van der Waals surface area (Å²) in [5.74, 6) is -1.29. The second kappa shape index (κ2) is 9.01. The molecule has 0 saturated carbocycles. The molecule has 1 aliphatic rings. The molecule has 0 atom stereocenters. The summed E-state index contributed by atoms with van der Waals surface area (Å²) < 4.78 is 39.6. The molecule has 3 rings (SSSR count). The molecule has 0 aromatic heterocycles. The summed E-state index contributed by atoms with van der Waals surface area (Å²) in [6.45, 7) is 0.198. The molecule has 0 radical (unpaired) electrons. The number of alkyl halides is 3. The van der Waals surface area contributed by atoms with Gasteiger partial charge in [-0.3, -0.25) is 14.5 Å². The SMILES string of the molecule is O=C(O)CCCN1C(=O)/C(=C/c2ccccc2-c2cccc(C(F)(F)F)c2)SC1=S. The fourth-order valence-electron chi connectivity index (χ4n) is 2.97. The Morgan fingerprint density at radius 3 is 2.60 bits per heavy atom. The molecule has 1 N–H and O–H groups in total. The van der Waals surface area contributed by atoms with E-state index < -0.39 is 17.7 Å². The van der Waals surface area contributed by atoms with E-state index in [9.17, 15) is 22.8 Å². The standard InChI is InChI=1S/C21H16F3NO3S2/c22-21(23,24)15-7-3-6-13(11-15)16-8-2-1-5-14(16)12-17-19(28)25(20(29)30-17)10-4-9-18(26)27/h1-3,5-8,11-12H,4,9-10H2,(H,26,27)/b17-12-. The van der Waals surface area contributed by atoms with Crippen LogP contribution in [-0.4, -0.2) is 32.7 Å². The fourth-order valence-corrected chi connectivity index (χ4v) is 4.27. The molecule has 0 aliphatic carbocycles. The third kappa shape index (κ3) is 5.09. The van der Waals surface area contributed by atoms with E-state index in [1.165, 1.54) is 11.0 Å². The second-order valence-corrected chi connectivity index (χ2v) is 8.17. The number of halogens is 3. The molecule has 9 heteroatoms. The number of thiocarbonyl (C=S) groups is 1. The van der Waals surface area contributed by atoms with Crippen LogP contribution >= 0.6 is 24.0 Å². The van der Waals surface area contributed by atoms with Crippen molar-refractivity contribution in [2.45, 2.75) is 19.0 Å². The van der Waals surface area contributed by atoms with Crippen molar-refractivity contribution in [2.24, 2.45) is 0 Å². The van der Waals surface area contributed by atoms with Crippen molar-refractivity contribution < 1.29 is 27.9 Å². The molecule has 156 valence electrons. The zero-order valence-corrected chi connectivity index (χ0v) is 17.1. The van der Waals surface area contributed by atoms with Gasteiger partial charge in [0.2, 0.25) is 0 Å². The molecule has 1 saturated heterocycles. The smallest absolute Gasteiger partial charge is 0.416 e. The summed E-state index contributed by atoms with van der Waals surface area (Å²) in [5, 5.41) is 8.75. The van der Waals surface area contributed by atoms with E-state index in [0.717, 1.165) is 23.9 Å². The van der Waals surface area contributed by atoms with Gasteiger partial charge in [0, 0.05) is 13.0 Å². The van der Waals surface area contributed by atoms with Gasteiger partial charge in [-0.25, -0.2) is 0 Å². The van der Waals surface area contributed by atoms with E-state index in [0.29, 0.717) is 25.9 Å². The van der Waals surface area contributed by atoms with E-state index in [4.69, 9.17) is 17.3 Å². The maximum atomic E-state index is 13.1. The van der Waals surface area contributed by atoms with Gasteiger partial charge in [-0.05, 0) is 41.3 Å². The minimum absolute atomic E-state index is 0.0749. The van der Waals surface area contributed by atoms with Gasteiger partial charge in [-0.1, -0.05) is 60.4 Å². The van der Waals surface area contributed by atoms with E-state index in [1.54, 1.807) is 36.4 Å². The van der Waals surface area contributed by atoms with Gasteiger partial charge in [0.05, 0.1) is 10.5 Å². The molecule has 1 aliphatic heterocycles. The first-order chi connectivity index (χ1) is 14.2. The van der Waals surface area contributed by atoms with Crippen LogP contribution in [0.5, 0.6) is 0 Å². The quantitative estimate of drug-likeness (QED) is 0.468. The van der Waals surface area contributed by atoms with E-state index in [-0.39, 0.29) is 25.3 Å². The summed E-state index contributed by atoms with van der Waals surface area (Å²) in [6, 6.07) is 11.9. The van der Waals surface area contributed by atoms with Crippen LogP contribution in [0.4, 0.5) is 13.2 Å². The highest BCUT2D eigenvalue weighted by Gasteiger charge is 2.32. The van der Waals surface area contributed by atoms with Crippen LogP contribution in [-0.2, 0) is 15.8 Å². The lowest BCUT2D eigenvalue weighted by molar-refractivity contribution is -0.138. The highest BCUT2D eigenvalue weighted by atomic mass is 32.2. The molecule has 1 amide bonds. The van der Waals surface area contributed by atoms with Crippen molar-refractivity contribution in [3.05, 3.63) is 64.6 Å². The van der Waals surface area contributed by atoms with Crippen molar-refractivity contribution in [1.29, 1.82) is 0 Å². The molecule has 0 spiro atoms. The van der Waals surface area contributed by atoms with Crippen LogP contribution in [0.3, 0.4) is 0 Å². The Balaban J connectivity index is 1.90. The molecule has 0 bridgehead atoms. The van der Waals surface area contributed by atoms with Gasteiger partial charge in [0.15, 0.2) is 0 Å². The number of nitrogens with zero attached hydrogens (tertiary/aromatic N) is 1. The van der Waals surface area contributed by atoms with Crippen LogP contribution in [0.2, 0.25) is 0 Å². The molecular weight excluding hydrogens is 435 g/mol. The summed E-state index contributed by atoms with van der Waals surface area (Å²) in [5.41, 5.74) is 0.774. The Hall–Kier alpha value is -2.65. The van der Waals surface area contributed by atoms with Gasteiger partial charge in [-0.2, -0.15) is 13.2 Å². The summed E-state index contributed by atoms with van der Waals surface area (Å²) in [7, 11) is 0. The predicted molar refractivity (Wildman–Crippen MR) is 114 cm³/mol. The fraction of sp³-hybridized carbons (Fsp3) is 0.190. The maximum absolute atomic E-state index is 13.1. The lowest BCUT2D eigenvalue weighted by atomic mass is 9.97. The van der Waals surface area contributed by atoms with Crippen LogP contribution < -0.4 is 0 Å². The zero-order valence-electron chi connectivity index (χ0n) is 15.5. The Morgan fingerprint density at radius 1 is 1.17 bits per heavy atom. The molecule has 4 nitrogen and oxygen atoms in total. The van der Waals surface area contributed by atoms with Crippen molar-refractivity contribution in [1.82, 2.24) is 4.90 Å². The largest absolute Gasteiger partial charge is 0.481 e.